The number of hydrogen-bond donors (Lipinski definition) is 2. The third-order valence-corrected chi connectivity index (χ3v) is 6.32. The van der Waals surface area contributed by atoms with Crippen LogP contribution in [0.4, 0.5) is 0 Å². The summed E-state index contributed by atoms with van der Waals surface area (Å²) in [5.41, 5.74) is 1.13. The number of benzene rings is 3. The van der Waals surface area contributed by atoms with Gasteiger partial charge < -0.3 is 70.4 Å². The van der Waals surface area contributed by atoms with Crippen molar-refractivity contribution in [2.24, 2.45) is 9.98 Å². The van der Waals surface area contributed by atoms with E-state index in [0.29, 0.717) is 28.9 Å². The van der Waals surface area contributed by atoms with Crippen molar-refractivity contribution in [3.8, 4) is 34.5 Å². The SMILES string of the molecule is CO.CO.COc1cccc(C=NC2CCCCC2N=Cc2cccc(OC)c2[O-])c1[O-].COc1cccc(C=O)c1[O-].O=[N+]([O-])[O-].O=[N+]([O-])[O-].[Y+3].[Zn+2]. The van der Waals surface area contributed by atoms with Crippen LogP contribution in [0.3, 0.4) is 0 Å². The van der Waals surface area contributed by atoms with Crippen LogP contribution in [0.2, 0.25) is 0 Å². The van der Waals surface area contributed by atoms with E-state index in [9.17, 15) is 20.1 Å². The van der Waals surface area contributed by atoms with Crippen molar-refractivity contribution < 1.29 is 107 Å². The Balaban J connectivity index is -0.000000398. The van der Waals surface area contributed by atoms with Gasteiger partial charge in [-0.05, 0) is 42.2 Å². The molecule has 19 nitrogen and oxygen atoms in total. The molecule has 0 aliphatic heterocycles. The van der Waals surface area contributed by atoms with Crippen LogP contribution in [0.15, 0.2) is 64.6 Å². The molecule has 3 aromatic carbocycles. The van der Waals surface area contributed by atoms with Gasteiger partial charge in [-0.3, -0.25) is 14.8 Å². The summed E-state index contributed by atoms with van der Waals surface area (Å²) >= 11 is 0. The Labute approximate surface area is 343 Å². The average molecular weight is 874 g/mol. The van der Waals surface area contributed by atoms with Crippen LogP contribution in [-0.4, -0.2) is 86.7 Å². The normalized spacial score (nSPS) is 13.6. The second-order valence-electron chi connectivity index (χ2n) is 9.18. The molecule has 53 heavy (non-hydrogen) atoms. The number of aliphatic imine (C=N–C) groups is 2. The molecule has 0 radical (unpaired) electrons. The predicted octanol–water partition coefficient (Wildman–Crippen LogP) is 2.02. The zero-order valence-electron chi connectivity index (χ0n) is 29.7. The minimum Gasteiger partial charge on any atom is -0.870 e. The molecule has 0 spiro atoms. The molecule has 0 heterocycles. The molecule has 1 fully saturated rings. The fourth-order valence-corrected chi connectivity index (χ4v) is 4.17. The van der Waals surface area contributed by atoms with Gasteiger partial charge in [-0.1, -0.05) is 66.5 Å². The monoisotopic (exact) mass is 872 g/mol. The Morgan fingerprint density at radius 1 is 0.623 bits per heavy atom. The number of aliphatic hydroxyl groups excluding tert-OH is 2. The Morgan fingerprint density at radius 3 is 1.15 bits per heavy atom. The average Bonchev–Trinajstić information content (AvgIpc) is 3.13. The first-order chi connectivity index (χ1) is 24.4. The van der Waals surface area contributed by atoms with Gasteiger partial charge in [0.05, 0.1) is 43.6 Å². The number of aldehydes is 1. The molecule has 1 saturated carbocycles. The van der Waals surface area contributed by atoms with Crippen molar-refractivity contribution in [1.82, 2.24) is 0 Å². The summed E-state index contributed by atoms with van der Waals surface area (Å²) in [6.45, 7) is 0. The fourth-order valence-electron chi connectivity index (χ4n) is 4.17. The van der Waals surface area contributed by atoms with Crippen LogP contribution < -0.4 is 29.5 Å². The molecule has 0 aromatic heterocycles. The van der Waals surface area contributed by atoms with E-state index in [-0.39, 0.29) is 92.8 Å². The largest absolute Gasteiger partial charge is 3.00 e. The maximum atomic E-state index is 12.3. The van der Waals surface area contributed by atoms with E-state index >= 15 is 0 Å². The molecule has 282 valence electrons. The molecule has 3 aromatic rings. The number of carbonyl (C=O) groups excluding carboxylic acids is 1. The molecule has 0 saturated heterocycles. The van der Waals surface area contributed by atoms with Crippen molar-refractivity contribution in [1.29, 1.82) is 0 Å². The zero-order chi connectivity index (χ0) is 39.4. The standard InChI is InChI=1S/C22H26N2O4.C8H8O3.2CH4O.2NO3.Y.Zn/c1-27-19-11-5-7-15(21(19)25)13-23-17-9-3-4-10-18(17)24-14-16-8-6-12-20(28-2)22(16)26;1-11-7-4-2-3-6(5-9)8(7)10;2*1-2;2*2-1(3)4;;/h5-8,11-14,17-18,25-26H,3-4,9-10H2,1-2H3;2-5,10H,1H3;2*2H,1H3;;;;/q;;;;2*-1;+3;+2/p-3. The van der Waals surface area contributed by atoms with Gasteiger partial charge in [0.1, 0.15) is 23.5 Å². The van der Waals surface area contributed by atoms with E-state index in [0.717, 1.165) is 39.9 Å². The first kappa shape index (κ1) is 55.3. The van der Waals surface area contributed by atoms with Gasteiger partial charge in [0.15, 0.2) is 0 Å². The minimum absolute atomic E-state index is 0. The minimum atomic E-state index is -1.75. The van der Waals surface area contributed by atoms with Crippen molar-refractivity contribution in [3.05, 3.63) is 102 Å². The number of rotatable bonds is 8. The van der Waals surface area contributed by atoms with Crippen molar-refractivity contribution in [3.63, 3.8) is 0 Å². The topological polar surface area (TPSA) is 312 Å². The Bertz CT molecular complexity index is 1440. The van der Waals surface area contributed by atoms with Crippen molar-refractivity contribution in [2.75, 3.05) is 35.5 Å². The predicted molar refractivity (Wildman–Crippen MR) is 181 cm³/mol. The van der Waals surface area contributed by atoms with Gasteiger partial charge >= 0.3 is 52.2 Å². The van der Waals surface area contributed by atoms with E-state index < -0.39 is 10.2 Å². The second-order valence-corrected chi connectivity index (χ2v) is 9.18. The van der Waals surface area contributed by atoms with Crippen LogP contribution in [0.1, 0.15) is 47.2 Å². The van der Waals surface area contributed by atoms with E-state index in [1.54, 1.807) is 54.9 Å². The molecule has 1 aliphatic rings. The van der Waals surface area contributed by atoms with Crippen molar-refractivity contribution in [2.45, 2.75) is 37.8 Å². The Kier molecular flexibility index (Phi) is 34.8. The number of carbonyl (C=O) groups is 1. The summed E-state index contributed by atoms with van der Waals surface area (Å²) in [5, 5.41) is 79.1. The molecule has 1 aliphatic carbocycles. The molecule has 2 unspecified atom stereocenters. The van der Waals surface area contributed by atoms with Crippen molar-refractivity contribution >= 4 is 18.7 Å². The number of hydrogen-bond acceptors (Lipinski definition) is 17. The molecule has 21 heteroatoms. The van der Waals surface area contributed by atoms with Gasteiger partial charge in [0.25, 0.3) is 0 Å². The van der Waals surface area contributed by atoms with E-state index in [1.165, 1.54) is 33.5 Å². The molecule has 4 rings (SSSR count). The maximum absolute atomic E-state index is 12.3. The fraction of sp³-hybridized carbons (Fsp3) is 0.344. The Hall–Kier alpha value is -4.48. The third kappa shape index (κ3) is 22.3. The van der Waals surface area contributed by atoms with Crippen LogP contribution in [0.5, 0.6) is 34.5 Å². The summed E-state index contributed by atoms with van der Waals surface area (Å²) in [7, 11) is 6.35. The molecule has 0 bridgehead atoms. The third-order valence-electron chi connectivity index (χ3n) is 6.32. The molecule has 2 atom stereocenters. The van der Waals surface area contributed by atoms with Gasteiger partial charge in [-0.2, -0.15) is 0 Å². The molecular weight excluding hydrogens is 835 g/mol. The van der Waals surface area contributed by atoms with Gasteiger partial charge in [-0.25, -0.2) is 0 Å². The Morgan fingerprint density at radius 2 is 0.887 bits per heavy atom. The quantitative estimate of drug-likeness (QED) is 0.108. The number of nitrogens with zero attached hydrogens (tertiary/aromatic N) is 4. The first-order valence-corrected chi connectivity index (χ1v) is 14.5. The number of ether oxygens (including phenoxy) is 3. The summed E-state index contributed by atoms with van der Waals surface area (Å²) < 4.78 is 14.9. The number of para-hydroxylation sites is 3. The molecular formula is C32H39N4O15YZn. The molecule has 0 amide bonds. The van der Waals surface area contributed by atoms with Crippen LogP contribution >= 0.6 is 0 Å². The molecule has 2 N–H and O–H groups in total. The number of aliphatic hydroxyl groups is 2. The summed E-state index contributed by atoms with van der Waals surface area (Å²) in [6.07, 6.45) is 7.70. The van der Waals surface area contributed by atoms with Gasteiger partial charge in [-0.15, -0.1) is 0 Å². The van der Waals surface area contributed by atoms with Gasteiger partial charge in [0, 0.05) is 32.2 Å². The van der Waals surface area contributed by atoms with Gasteiger partial charge in [0.2, 0.25) is 0 Å². The first-order valence-electron chi connectivity index (χ1n) is 14.5. The van der Waals surface area contributed by atoms with E-state index in [1.807, 2.05) is 0 Å². The van der Waals surface area contributed by atoms with E-state index in [2.05, 4.69) is 9.98 Å². The van der Waals surface area contributed by atoms with Crippen LogP contribution in [-0.2, 0) is 52.2 Å². The van der Waals surface area contributed by atoms with Crippen LogP contribution in [0.25, 0.3) is 0 Å². The van der Waals surface area contributed by atoms with E-state index in [4.69, 9.17) is 55.1 Å². The maximum Gasteiger partial charge on any atom is 3.00 e. The summed E-state index contributed by atoms with van der Waals surface area (Å²) in [4.78, 5) is 36.0. The number of methoxy groups -OCH3 is 3. The summed E-state index contributed by atoms with van der Waals surface area (Å²) in [5.74, 6) is 0.125. The summed E-state index contributed by atoms with van der Waals surface area (Å²) in [6, 6.07) is 14.8. The second kappa shape index (κ2) is 33.4. The smallest absolute Gasteiger partial charge is 0.870 e. The van der Waals surface area contributed by atoms with Crippen LogP contribution in [0, 0.1) is 30.6 Å². The zero-order valence-corrected chi connectivity index (χ0v) is 35.5.